The number of anilines is 1. The lowest BCUT2D eigenvalue weighted by Gasteiger charge is -2.21. The summed E-state index contributed by atoms with van der Waals surface area (Å²) < 4.78 is 0. The number of amides is 1. The van der Waals surface area contributed by atoms with E-state index in [-0.39, 0.29) is 11.9 Å². The van der Waals surface area contributed by atoms with Crippen LogP contribution in [-0.4, -0.2) is 36.0 Å². The SMILES string of the molecule is Nc1cc(C(=O)NC2CCN3CCCC23)cc(Cl)c1Cl. The molecule has 1 amide bonds. The lowest BCUT2D eigenvalue weighted by Crippen LogP contribution is -2.42. The highest BCUT2D eigenvalue weighted by Crippen LogP contribution is 2.30. The molecule has 6 heteroatoms. The highest BCUT2D eigenvalue weighted by Gasteiger charge is 2.37. The number of fused-ring (bicyclic) bond motifs is 1. The molecule has 3 rings (SSSR count). The summed E-state index contributed by atoms with van der Waals surface area (Å²) in [6.07, 6.45) is 3.39. The van der Waals surface area contributed by atoms with Crippen molar-refractivity contribution in [2.45, 2.75) is 31.3 Å². The number of benzene rings is 1. The second-order valence-electron chi connectivity index (χ2n) is 5.48. The molecule has 0 saturated carbocycles. The molecule has 0 aromatic heterocycles. The first-order valence-electron chi connectivity index (χ1n) is 6.85. The fourth-order valence-corrected chi connectivity index (χ4v) is 3.58. The Morgan fingerprint density at radius 1 is 1.30 bits per heavy atom. The maximum atomic E-state index is 12.3. The van der Waals surface area contributed by atoms with Crippen molar-refractivity contribution in [3.63, 3.8) is 0 Å². The number of hydrogen-bond donors (Lipinski definition) is 2. The number of rotatable bonds is 2. The maximum absolute atomic E-state index is 12.3. The first-order chi connectivity index (χ1) is 9.56. The van der Waals surface area contributed by atoms with Crippen molar-refractivity contribution in [1.29, 1.82) is 0 Å². The summed E-state index contributed by atoms with van der Waals surface area (Å²) in [4.78, 5) is 14.8. The quantitative estimate of drug-likeness (QED) is 0.825. The van der Waals surface area contributed by atoms with Crippen molar-refractivity contribution >= 4 is 34.8 Å². The van der Waals surface area contributed by atoms with Gasteiger partial charge in [0.1, 0.15) is 0 Å². The molecule has 0 spiro atoms. The van der Waals surface area contributed by atoms with Gasteiger partial charge in [-0.2, -0.15) is 0 Å². The van der Waals surface area contributed by atoms with Crippen LogP contribution >= 0.6 is 23.2 Å². The largest absolute Gasteiger partial charge is 0.397 e. The minimum Gasteiger partial charge on any atom is -0.397 e. The van der Waals surface area contributed by atoms with Crippen LogP contribution in [0.25, 0.3) is 0 Å². The maximum Gasteiger partial charge on any atom is 0.251 e. The zero-order valence-corrected chi connectivity index (χ0v) is 12.5. The molecule has 1 aromatic rings. The lowest BCUT2D eigenvalue weighted by molar-refractivity contribution is 0.0929. The predicted molar refractivity (Wildman–Crippen MR) is 81.3 cm³/mol. The molecular formula is C14H17Cl2N3O. The Hall–Kier alpha value is -0.970. The third-order valence-corrected chi connectivity index (χ3v) is 5.06. The molecule has 2 atom stereocenters. The number of nitrogens with one attached hydrogen (secondary N) is 1. The Morgan fingerprint density at radius 3 is 2.85 bits per heavy atom. The van der Waals surface area contributed by atoms with E-state index in [1.165, 1.54) is 6.42 Å². The third kappa shape index (κ3) is 2.48. The van der Waals surface area contributed by atoms with Gasteiger partial charge in [-0.25, -0.2) is 0 Å². The molecule has 0 aliphatic carbocycles. The van der Waals surface area contributed by atoms with Gasteiger partial charge in [0.25, 0.3) is 5.91 Å². The van der Waals surface area contributed by atoms with Crippen molar-refractivity contribution in [1.82, 2.24) is 10.2 Å². The van der Waals surface area contributed by atoms with Crippen molar-refractivity contribution in [2.75, 3.05) is 18.8 Å². The van der Waals surface area contributed by atoms with Crippen molar-refractivity contribution in [3.8, 4) is 0 Å². The Morgan fingerprint density at radius 2 is 2.10 bits per heavy atom. The van der Waals surface area contributed by atoms with Crippen LogP contribution in [0.1, 0.15) is 29.6 Å². The molecule has 2 aliphatic rings. The van der Waals surface area contributed by atoms with Crippen LogP contribution in [0.4, 0.5) is 5.69 Å². The van der Waals surface area contributed by atoms with Crippen LogP contribution in [0.15, 0.2) is 12.1 Å². The van der Waals surface area contributed by atoms with E-state index in [1.807, 2.05) is 0 Å². The number of nitrogens with two attached hydrogens (primary N) is 1. The molecule has 2 heterocycles. The fraction of sp³-hybridized carbons (Fsp3) is 0.500. The highest BCUT2D eigenvalue weighted by molar-refractivity contribution is 6.43. The Kier molecular flexibility index (Phi) is 3.80. The predicted octanol–water partition coefficient (Wildman–Crippen LogP) is 2.54. The van der Waals surface area contributed by atoms with E-state index in [0.717, 1.165) is 25.9 Å². The van der Waals surface area contributed by atoms with E-state index >= 15 is 0 Å². The number of hydrogen-bond acceptors (Lipinski definition) is 3. The monoisotopic (exact) mass is 313 g/mol. The fourth-order valence-electron chi connectivity index (χ4n) is 3.24. The van der Waals surface area contributed by atoms with Crippen molar-refractivity contribution in [2.24, 2.45) is 0 Å². The van der Waals surface area contributed by atoms with Gasteiger partial charge in [-0.15, -0.1) is 0 Å². The molecule has 0 bridgehead atoms. The topological polar surface area (TPSA) is 58.4 Å². The Bertz CT molecular complexity index is 526. The average molecular weight is 314 g/mol. The van der Waals surface area contributed by atoms with Crippen molar-refractivity contribution in [3.05, 3.63) is 27.7 Å². The molecule has 2 saturated heterocycles. The van der Waals surface area contributed by atoms with Gasteiger partial charge in [0.15, 0.2) is 0 Å². The molecule has 4 nitrogen and oxygen atoms in total. The normalized spacial score (nSPS) is 25.7. The molecule has 3 N–H and O–H groups in total. The average Bonchev–Trinajstić information content (AvgIpc) is 3.00. The minimum absolute atomic E-state index is 0.131. The summed E-state index contributed by atoms with van der Waals surface area (Å²) in [6.45, 7) is 2.22. The second kappa shape index (κ2) is 5.43. The number of nitrogens with zero attached hydrogens (tertiary/aromatic N) is 1. The van der Waals surface area contributed by atoms with Crippen LogP contribution in [0.2, 0.25) is 10.0 Å². The van der Waals surface area contributed by atoms with Gasteiger partial charge in [-0.05, 0) is 37.9 Å². The van der Waals surface area contributed by atoms with Crippen LogP contribution < -0.4 is 11.1 Å². The smallest absolute Gasteiger partial charge is 0.251 e. The van der Waals surface area contributed by atoms with Crippen LogP contribution in [0.5, 0.6) is 0 Å². The summed E-state index contributed by atoms with van der Waals surface area (Å²) in [5.74, 6) is -0.131. The molecule has 2 fully saturated rings. The van der Waals surface area contributed by atoms with E-state index in [4.69, 9.17) is 28.9 Å². The first-order valence-corrected chi connectivity index (χ1v) is 7.61. The Labute approximate surface area is 128 Å². The lowest BCUT2D eigenvalue weighted by atomic mass is 10.1. The molecule has 0 radical (unpaired) electrons. The summed E-state index contributed by atoms with van der Waals surface area (Å²) >= 11 is 11.9. The van der Waals surface area contributed by atoms with Gasteiger partial charge < -0.3 is 11.1 Å². The molecular weight excluding hydrogens is 297 g/mol. The molecule has 1 aromatic carbocycles. The van der Waals surface area contributed by atoms with Gasteiger partial charge >= 0.3 is 0 Å². The molecule has 20 heavy (non-hydrogen) atoms. The highest BCUT2D eigenvalue weighted by atomic mass is 35.5. The van der Waals surface area contributed by atoms with Gasteiger partial charge in [0.05, 0.1) is 15.7 Å². The van der Waals surface area contributed by atoms with Gasteiger partial charge in [0.2, 0.25) is 0 Å². The van der Waals surface area contributed by atoms with Crippen LogP contribution in [0, 0.1) is 0 Å². The number of nitrogen functional groups attached to an aromatic ring is 1. The van der Waals surface area contributed by atoms with E-state index in [2.05, 4.69) is 10.2 Å². The Balaban J connectivity index is 1.73. The summed E-state index contributed by atoms with van der Waals surface area (Å²) in [5, 5.41) is 3.71. The number of carbonyl (C=O) groups excluding carboxylic acids is 1. The second-order valence-corrected chi connectivity index (χ2v) is 6.26. The zero-order valence-electron chi connectivity index (χ0n) is 11.0. The van der Waals surface area contributed by atoms with Gasteiger partial charge in [-0.1, -0.05) is 23.2 Å². The van der Waals surface area contributed by atoms with E-state index < -0.39 is 0 Å². The summed E-state index contributed by atoms with van der Waals surface area (Å²) in [7, 11) is 0. The number of halogens is 2. The summed E-state index contributed by atoms with van der Waals surface area (Å²) in [5.41, 5.74) is 6.55. The third-order valence-electron chi connectivity index (χ3n) is 4.24. The van der Waals surface area contributed by atoms with E-state index in [0.29, 0.717) is 27.3 Å². The van der Waals surface area contributed by atoms with Crippen LogP contribution in [-0.2, 0) is 0 Å². The van der Waals surface area contributed by atoms with Gasteiger partial charge in [-0.3, -0.25) is 9.69 Å². The zero-order chi connectivity index (χ0) is 14.3. The van der Waals surface area contributed by atoms with E-state index in [1.54, 1.807) is 12.1 Å². The summed E-state index contributed by atoms with van der Waals surface area (Å²) in [6, 6.07) is 3.85. The standard InChI is InChI=1S/C14H17Cl2N3O/c15-9-6-8(7-10(17)13(9)16)14(20)18-11-3-5-19-4-1-2-12(11)19/h6-7,11-12H,1-5,17H2,(H,18,20). The molecule has 2 aliphatic heterocycles. The minimum atomic E-state index is -0.131. The molecule has 2 unspecified atom stereocenters. The first kappa shape index (κ1) is 14.0. The van der Waals surface area contributed by atoms with Crippen LogP contribution in [0.3, 0.4) is 0 Å². The number of carbonyl (C=O) groups is 1. The van der Waals surface area contributed by atoms with E-state index in [9.17, 15) is 4.79 Å². The van der Waals surface area contributed by atoms with Gasteiger partial charge in [0, 0.05) is 24.2 Å². The van der Waals surface area contributed by atoms with Crippen molar-refractivity contribution < 1.29 is 4.79 Å². The molecule has 108 valence electrons.